The molecule has 0 radical (unpaired) electrons. The first-order valence-corrected chi connectivity index (χ1v) is 14.4. The normalized spacial score (nSPS) is 14.9. The summed E-state index contributed by atoms with van der Waals surface area (Å²) in [5.41, 5.74) is 7.65. The van der Waals surface area contributed by atoms with Crippen LogP contribution in [0.4, 0.5) is 5.69 Å². The second-order valence-corrected chi connectivity index (χ2v) is 11.0. The van der Waals surface area contributed by atoms with Crippen molar-refractivity contribution in [1.82, 2.24) is 4.57 Å². The third-order valence-corrected chi connectivity index (χ3v) is 8.44. The smallest absolute Gasteiger partial charge is 0.338 e. The fraction of sp³-hybridized carbons (Fsp3) is 0.129. The third-order valence-electron chi connectivity index (χ3n) is 6.64. The Balaban J connectivity index is 1.84. The van der Waals surface area contributed by atoms with Crippen molar-refractivity contribution >= 4 is 69.6 Å². The number of amides is 1. The Labute approximate surface area is 254 Å². The topological polar surface area (TPSA) is 113 Å². The highest BCUT2D eigenvalue weighted by Crippen LogP contribution is 2.40. The molecule has 1 aliphatic rings. The van der Waals surface area contributed by atoms with Gasteiger partial charge >= 0.3 is 5.97 Å². The number of rotatable bonds is 7. The lowest BCUT2D eigenvalue weighted by Gasteiger charge is -2.28. The number of anilines is 1. The molecule has 11 heteroatoms. The molecular formula is C31H25Cl2N3O5S. The number of hydrogen-bond acceptors (Lipinski definition) is 7. The number of halogens is 2. The number of nitrogens with zero attached hydrogens (tertiary/aromatic N) is 1. The largest absolute Gasteiger partial charge is 0.497 e. The zero-order valence-electron chi connectivity index (χ0n) is 22.5. The van der Waals surface area contributed by atoms with Crippen molar-refractivity contribution in [3.05, 3.63) is 119 Å². The van der Waals surface area contributed by atoms with Gasteiger partial charge in [-0.1, -0.05) is 59.6 Å². The number of aromatic nitrogens is 1. The van der Waals surface area contributed by atoms with Crippen LogP contribution in [0.15, 0.2) is 83.2 Å². The average Bonchev–Trinajstić information content (AvgIpc) is 3.30. The molecule has 1 aliphatic heterocycles. The SMILES string of the molecule is CCOC(=O)C1=C(N)n2c(s/c(=C\c3ccccc3Cl)c2=O)=C(C(=O)Nc2ccc(OC)cc2)C1c1ccccc1Cl. The molecule has 1 atom stereocenters. The number of esters is 1. The number of hydrogen-bond donors (Lipinski definition) is 2. The van der Waals surface area contributed by atoms with Crippen molar-refractivity contribution in [2.45, 2.75) is 12.8 Å². The van der Waals surface area contributed by atoms with Crippen molar-refractivity contribution in [2.75, 3.05) is 19.0 Å². The maximum absolute atomic E-state index is 14.2. The molecule has 1 unspecified atom stereocenters. The number of benzene rings is 3. The minimum absolute atomic E-state index is 0.0508. The second-order valence-electron chi connectivity index (χ2n) is 9.15. The van der Waals surface area contributed by atoms with Gasteiger partial charge in [-0.2, -0.15) is 0 Å². The number of carbonyl (C=O) groups excluding carboxylic acids is 2. The van der Waals surface area contributed by atoms with E-state index in [9.17, 15) is 14.4 Å². The summed E-state index contributed by atoms with van der Waals surface area (Å²) in [6.07, 6.45) is 1.63. The first kappa shape index (κ1) is 29.2. The van der Waals surface area contributed by atoms with Crippen molar-refractivity contribution in [2.24, 2.45) is 5.73 Å². The molecule has 5 rings (SSSR count). The van der Waals surface area contributed by atoms with Gasteiger partial charge in [-0.05, 0) is 60.5 Å². The van der Waals surface area contributed by atoms with Crippen molar-refractivity contribution in [1.29, 1.82) is 0 Å². The maximum atomic E-state index is 14.2. The Morgan fingerprint density at radius 1 is 1.00 bits per heavy atom. The van der Waals surface area contributed by atoms with E-state index in [1.807, 2.05) is 0 Å². The zero-order chi connectivity index (χ0) is 30.0. The van der Waals surface area contributed by atoms with Crippen LogP contribution in [-0.4, -0.2) is 30.2 Å². The number of ether oxygens (including phenoxy) is 2. The number of carbonyl (C=O) groups is 2. The molecule has 1 aromatic heterocycles. The van der Waals surface area contributed by atoms with Gasteiger partial charge in [-0.3, -0.25) is 14.2 Å². The first-order chi connectivity index (χ1) is 20.2. The lowest BCUT2D eigenvalue weighted by atomic mass is 9.82. The van der Waals surface area contributed by atoms with E-state index in [4.69, 9.17) is 38.4 Å². The van der Waals surface area contributed by atoms with Gasteiger partial charge < -0.3 is 20.5 Å². The zero-order valence-corrected chi connectivity index (χ0v) is 24.8. The number of methoxy groups -OCH3 is 1. The number of nitrogens with one attached hydrogen (secondary N) is 1. The summed E-state index contributed by atoms with van der Waals surface area (Å²) in [5, 5.41) is 3.64. The Bertz CT molecular complexity index is 1910. The highest BCUT2D eigenvalue weighted by atomic mass is 35.5. The predicted molar refractivity (Wildman–Crippen MR) is 166 cm³/mol. The summed E-state index contributed by atoms with van der Waals surface area (Å²) >= 11 is 14.1. The van der Waals surface area contributed by atoms with Gasteiger partial charge in [0, 0.05) is 15.7 Å². The molecule has 0 aliphatic carbocycles. The molecule has 4 aromatic rings. The third kappa shape index (κ3) is 5.46. The Morgan fingerprint density at radius 3 is 2.31 bits per heavy atom. The Hall–Kier alpha value is -4.31. The van der Waals surface area contributed by atoms with Crippen LogP contribution in [0.5, 0.6) is 5.75 Å². The van der Waals surface area contributed by atoms with Gasteiger partial charge in [-0.15, -0.1) is 11.3 Å². The van der Waals surface area contributed by atoms with Gasteiger partial charge in [0.2, 0.25) is 0 Å². The molecule has 0 saturated carbocycles. The summed E-state index contributed by atoms with van der Waals surface area (Å²) in [5.74, 6) is -1.90. The summed E-state index contributed by atoms with van der Waals surface area (Å²) < 4.78 is 12.3. The van der Waals surface area contributed by atoms with Crippen LogP contribution in [-0.2, 0) is 14.3 Å². The predicted octanol–water partition coefficient (Wildman–Crippen LogP) is 4.33. The Kier molecular flexibility index (Phi) is 8.54. The molecule has 214 valence electrons. The minimum atomic E-state index is -1.04. The van der Waals surface area contributed by atoms with Crippen LogP contribution in [0.3, 0.4) is 0 Å². The average molecular weight is 623 g/mol. The van der Waals surface area contributed by atoms with Crippen LogP contribution in [0.1, 0.15) is 24.0 Å². The van der Waals surface area contributed by atoms with E-state index >= 15 is 0 Å². The molecule has 42 heavy (non-hydrogen) atoms. The highest BCUT2D eigenvalue weighted by Gasteiger charge is 2.40. The van der Waals surface area contributed by atoms with E-state index < -0.39 is 23.4 Å². The van der Waals surface area contributed by atoms with E-state index in [-0.39, 0.29) is 32.8 Å². The van der Waals surface area contributed by atoms with E-state index in [2.05, 4.69) is 5.32 Å². The van der Waals surface area contributed by atoms with Crippen molar-refractivity contribution < 1.29 is 19.1 Å². The monoisotopic (exact) mass is 621 g/mol. The van der Waals surface area contributed by atoms with E-state index in [0.717, 1.165) is 11.3 Å². The number of fused-ring (bicyclic) bond motifs is 1. The summed E-state index contributed by atoms with van der Waals surface area (Å²) in [6, 6.07) is 20.6. The lowest BCUT2D eigenvalue weighted by molar-refractivity contribution is -0.138. The van der Waals surface area contributed by atoms with Crippen LogP contribution >= 0.6 is 34.5 Å². The van der Waals surface area contributed by atoms with Gasteiger partial charge in [-0.25, -0.2) is 4.79 Å². The van der Waals surface area contributed by atoms with Gasteiger partial charge in [0.1, 0.15) is 16.2 Å². The summed E-state index contributed by atoms with van der Waals surface area (Å²) in [7, 11) is 1.54. The van der Waals surface area contributed by atoms with E-state index in [1.165, 1.54) is 4.57 Å². The molecule has 3 aromatic carbocycles. The molecule has 0 spiro atoms. The second kappa shape index (κ2) is 12.3. The van der Waals surface area contributed by atoms with E-state index in [1.54, 1.807) is 92.9 Å². The number of nitrogens with two attached hydrogens (primary N) is 1. The molecule has 0 saturated heterocycles. The molecule has 0 bridgehead atoms. The highest BCUT2D eigenvalue weighted by molar-refractivity contribution is 7.07. The van der Waals surface area contributed by atoms with Crippen LogP contribution < -0.4 is 30.5 Å². The van der Waals surface area contributed by atoms with Crippen LogP contribution in [0.2, 0.25) is 10.0 Å². The molecule has 8 nitrogen and oxygen atoms in total. The molecule has 1 amide bonds. The van der Waals surface area contributed by atoms with Gasteiger partial charge in [0.15, 0.2) is 0 Å². The molecule has 0 fully saturated rings. The molecule has 2 heterocycles. The van der Waals surface area contributed by atoms with Crippen molar-refractivity contribution in [3.63, 3.8) is 0 Å². The summed E-state index contributed by atoms with van der Waals surface area (Å²) in [6.45, 7) is 1.71. The van der Waals surface area contributed by atoms with E-state index in [0.29, 0.717) is 32.6 Å². The fourth-order valence-electron chi connectivity index (χ4n) is 4.70. The number of thiazole rings is 1. The maximum Gasteiger partial charge on any atom is 0.338 e. The van der Waals surface area contributed by atoms with Crippen LogP contribution in [0, 0.1) is 0 Å². The summed E-state index contributed by atoms with van der Waals surface area (Å²) in [4.78, 5) is 41.5. The quantitative estimate of drug-likeness (QED) is 0.297. The molecular weight excluding hydrogens is 597 g/mol. The van der Waals surface area contributed by atoms with Crippen LogP contribution in [0.25, 0.3) is 17.5 Å². The Morgan fingerprint density at radius 2 is 1.67 bits per heavy atom. The van der Waals surface area contributed by atoms with Gasteiger partial charge in [0.25, 0.3) is 11.5 Å². The lowest BCUT2D eigenvalue weighted by Crippen LogP contribution is -2.42. The fourth-order valence-corrected chi connectivity index (χ4v) is 6.30. The van der Waals surface area contributed by atoms with Crippen molar-refractivity contribution in [3.8, 4) is 5.75 Å². The van der Waals surface area contributed by atoms with Gasteiger partial charge in [0.05, 0.1) is 35.3 Å². The molecule has 3 N–H and O–H groups in total. The minimum Gasteiger partial charge on any atom is -0.497 e. The standard InChI is InChI=1S/C31H25Cl2N3O5S/c1-3-41-31(39)25-24(20-9-5-7-11-22(20)33)26(28(37)35-18-12-14-19(40-2)15-13-18)30-36(27(25)34)29(38)23(42-30)16-17-8-4-6-10-21(17)32/h4-16,24H,3,34H2,1-2H3,(H,35,37)/b23-16-. The first-order valence-electron chi connectivity index (χ1n) is 12.8.